The van der Waals surface area contributed by atoms with Gasteiger partial charge in [-0.3, -0.25) is 14.3 Å². The van der Waals surface area contributed by atoms with E-state index in [-0.39, 0.29) is 5.91 Å². The Morgan fingerprint density at radius 1 is 1.17 bits per heavy atom. The summed E-state index contributed by atoms with van der Waals surface area (Å²) in [5, 5.41) is 3.06. The summed E-state index contributed by atoms with van der Waals surface area (Å²) in [5.74, 6) is 0.580. The van der Waals surface area contributed by atoms with E-state index < -0.39 is 0 Å². The van der Waals surface area contributed by atoms with Crippen LogP contribution in [-0.2, 0) is 6.54 Å². The summed E-state index contributed by atoms with van der Waals surface area (Å²) in [5.41, 5.74) is 2.53. The second-order valence-corrected chi connectivity index (χ2v) is 7.69. The fraction of sp³-hybridized carbons (Fsp3) is 0.348. The molecule has 0 saturated heterocycles. The van der Waals surface area contributed by atoms with Crippen molar-refractivity contribution >= 4 is 11.6 Å². The molecule has 6 nitrogen and oxygen atoms in total. The van der Waals surface area contributed by atoms with Crippen LogP contribution in [0.5, 0.6) is 0 Å². The number of rotatable bonds is 6. The van der Waals surface area contributed by atoms with Gasteiger partial charge >= 0.3 is 0 Å². The number of nitrogens with one attached hydrogen (secondary N) is 1. The van der Waals surface area contributed by atoms with Gasteiger partial charge in [0.05, 0.1) is 5.56 Å². The van der Waals surface area contributed by atoms with Gasteiger partial charge < -0.3 is 5.32 Å². The van der Waals surface area contributed by atoms with Crippen molar-refractivity contribution in [3.05, 3.63) is 72.4 Å². The van der Waals surface area contributed by atoms with E-state index in [0.717, 1.165) is 23.6 Å². The van der Waals surface area contributed by atoms with Crippen molar-refractivity contribution in [2.45, 2.75) is 44.7 Å². The lowest BCUT2D eigenvalue weighted by molar-refractivity contribution is 0.102. The average Bonchev–Trinajstić information content (AvgIpc) is 3.31. The van der Waals surface area contributed by atoms with Crippen molar-refractivity contribution in [1.82, 2.24) is 19.4 Å². The summed E-state index contributed by atoms with van der Waals surface area (Å²) >= 11 is 0. The summed E-state index contributed by atoms with van der Waals surface area (Å²) < 4.78 is 1.80. The molecule has 0 aliphatic heterocycles. The minimum absolute atomic E-state index is 0.151. The maximum Gasteiger partial charge on any atom is 0.257 e. The van der Waals surface area contributed by atoms with Crippen molar-refractivity contribution in [3.8, 4) is 5.82 Å². The standard InChI is InChI=1S/C23H27N5O/c1-27(20-8-3-2-4-9-20)16-19-7-5-6-10-21(19)26-23(29)18-11-12-22(25-15-18)28-14-13-24-17-28/h5-7,10-15,17,20H,2-4,8-9,16H2,1H3,(H,26,29). The summed E-state index contributed by atoms with van der Waals surface area (Å²) in [6.07, 6.45) is 13.3. The molecule has 0 unspecified atom stereocenters. The van der Waals surface area contributed by atoms with Gasteiger partial charge in [-0.05, 0) is 43.7 Å². The van der Waals surface area contributed by atoms with Crippen molar-refractivity contribution in [2.24, 2.45) is 0 Å². The fourth-order valence-corrected chi connectivity index (χ4v) is 3.96. The van der Waals surface area contributed by atoms with Crippen molar-refractivity contribution < 1.29 is 4.79 Å². The normalized spacial score (nSPS) is 14.8. The molecule has 2 aromatic heterocycles. The lowest BCUT2D eigenvalue weighted by atomic mass is 9.94. The summed E-state index contributed by atoms with van der Waals surface area (Å²) in [6, 6.07) is 12.3. The number of anilines is 1. The van der Waals surface area contributed by atoms with Crippen LogP contribution in [0.3, 0.4) is 0 Å². The molecule has 150 valence electrons. The van der Waals surface area contributed by atoms with Crippen LogP contribution in [0, 0.1) is 0 Å². The summed E-state index contributed by atoms with van der Waals surface area (Å²) in [7, 11) is 2.19. The van der Waals surface area contributed by atoms with Gasteiger partial charge in [0.15, 0.2) is 0 Å². The van der Waals surface area contributed by atoms with Gasteiger partial charge in [0.2, 0.25) is 0 Å². The van der Waals surface area contributed by atoms with Gasteiger partial charge in [-0.25, -0.2) is 9.97 Å². The SMILES string of the molecule is CN(Cc1ccccc1NC(=O)c1ccc(-n2ccnc2)nc1)C1CCCCC1. The van der Waals surface area contributed by atoms with Crippen LogP contribution in [0.15, 0.2) is 61.3 Å². The third-order valence-corrected chi connectivity index (χ3v) is 5.66. The molecule has 6 heteroatoms. The molecule has 4 rings (SSSR count). The highest BCUT2D eigenvalue weighted by Gasteiger charge is 2.19. The highest BCUT2D eigenvalue weighted by Crippen LogP contribution is 2.25. The van der Waals surface area contributed by atoms with Crippen molar-refractivity contribution in [3.63, 3.8) is 0 Å². The van der Waals surface area contributed by atoms with Gasteiger partial charge in [-0.1, -0.05) is 37.5 Å². The number of aromatic nitrogens is 3. The number of nitrogens with zero attached hydrogens (tertiary/aromatic N) is 4. The predicted molar refractivity (Wildman–Crippen MR) is 114 cm³/mol. The molecule has 3 aromatic rings. The molecule has 0 bridgehead atoms. The van der Waals surface area contributed by atoms with Crippen LogP contribution in [0.1, 0.15) is 48.0 Å². The highest BCUT2D eigenvalue weighted by atomic mass is 16.1. The fourth-order valence-electron chi connectivity index (χ4n) is 3.96. The lowest BCUT2D eigenvalue weighted by Gasteiger charge is -2.31. The van der Waals surface area contributed by atoms with Gasteiger partial charge in [-0.15, -0.1) is 0 Å². The number of para-hydroxylation sites is 1. The van der Waals surface area contributed by atoms with Crippen LogP contribution in [0.4, 0.5) is 5.69 Å². The van der Waals surface area contributed by atoms with E-state index in [0.29, 0.717) is 11.6 Å². The number of benzene rings is 1. The van der Waals surface area contributed by atoms with E-state index >= 15 is 0 Å². The van der Waals surface area contributed by atoms with E-state index in [4.69, 9.17) is 0 Å². The molecule has 1 aliphatic carbocycles. The highest BCUT2D eigenvalue weighted by molar-refractivity contribution is 6.04. The van der Waals surface area contributed by atoms with Crippen molar-refractivity contribution in [1.29, 1.82) is 0 Å². The van der Waals surface area contributed by atoms with Crippen LogP contribution in [-0.4, -0.2) is 38.4 Å². The lowest BCUT2D eigenvalue weighted by Crippen LogP contribution is -2.33. The number of imidazole rings is 1. The maximum atomic E-state index is 12.8. The van der Waals surface area contributed by atoms with Gasteiger partial charge in [-0.2, -0.15) is 0 Å². The first-order chi connectivity index (χ1) is 14.2. The Morgan fingerprint density at radius 2 is 2.00 bits per heavy atom. The molecule has 1 fully saturated rings. The second-order valence-electron chi connectivity index (χ2n) is 7.69. The average molecular weight is 390 g/mol. The minimum atomic E-state index is -0.151. The van der Waals surface area contributed by atoms with Crippen LogP contribution < -0.4 is 5.32 Å². The van der Waals surface area contributed by atoms with E-state index in [2.05, 4.69) is 33.3 Å². The maximum absolute atomic E-state index is 12.8. The molecule has 1 amide bonds. The predicted octanol–water partition coefficient (Wildman–Crippen LogP) is 4.28. The number of amides is 1. The summed E-state index contributed by atoms with van der Waals surface area (Å²) in [6.45, 7) is 0.832. The number of carbonyl (C=O) groups is 1. The number of hydrogen-bond acceptors (Lipinski definition) is 4. The largest absolute Gasteiger partial charge is 0.322 e. The number of pyridine rings is 1. The zero-order valence-corrected chi connectivity index (χ0v) is 16.8. The molecular formula is C23H27N5O. The van der Waals surface area contributed by atoms with E-state index in [1.165, 1.54) is 32.1 Å². The van der Waals surface area contributed by atoms with Crippen molar-refractivity contribution in [2.75, 3.05) is 12.4 Å². The Balaban J connectivity index is 1.44. The zero-order valence-electron chi connectivity index (χ0n) is 16.8. The molecule has 0 radical (unpaired) electrons. The number of hydrogen-bond donors (Lipinski definition) is 1. The third kappa shape index (κ3) is 4.71. The van der Waals surface area contributed by atoms with Gasteiger partial charge in [0.25, 0.3) is 5.91 Å². The van der Waals surface area contributed by atoms with E-state index in [9.17, 15) is 4.79 Å². The van der Waals surface area contributed by atoms with E-state index in [1.54, 1.807) is 29.4 Å². The first kappa shape index (κ1) is 19.3. The van der Waals surface area contributed by atoms with Crippen LogP contribution in [0.2, 0.25) is 0 Å². The molecule has 0 spiro atoms. The minimum Gasteiger partial charge on any atom is -0.322 e. The monoisotopic (exact) mass is 389 g/mol. The first-order valence-corrected chi connectivity index (χ1v) is 10.2. The van der Waals surface area contributed by atoms with Crippen LogP contribution >= 0.6 is 0 Å². The molecule has 2 heterocycles. The molecule has 1 saturated carbocycles. The Morgan fingerprint density at radius 3 is 2.72 bits per heavy atom. The third-order valence-electron chi connectivity index (χ3n) is 5.66. The molecule has 29 heavy (non-hydrogen) atoms. The van der Waals surface area contributed by atoms with Gasteiger partial charge in [0.1, 0.15) is 12.1 Å². The second kappa shape index (κ2) is 9.01. The zero-order chi connectivity index (χ0) is 20.1. The molecular weight excluding hydrogens is 362 g/mol. The van der Waals surface area contributed by atoms with Crippen LogP contribution in [0.25, 0.3) is 5.82 Å². The summed E-state index contributed by atoms with van der Waals surface area (Å²) in [4.78, 5) is 23.6. The topological polar surface area (TPSA) is 63.1 Å². The van der Waals surface area contributed by atoms with Gasteiger partial charge in [0, 0.05) is 36.9 Å². The molecule has 1 aliphatic rings. The van der Waals surface area contributed by atoms with E-state index in [1.807, 2.05) is 30.5 Å². The number of carbonyl (C=O) groups excluding carboxylic acids is 1. The molecule has 0 atom stereocenters. The quantitative estimate of drug-likeness (QED) is 0.683. The Bertz CT molecular complexity index is 930. The molecule has 1 N–H and O–H groups in total. The Kier molecular flexibility index (Phi) is 6.00. The Labute approximate surface area is 171 Å². The Hall–Kier alpha value is -2.99. The molecule has 1 aromatic carbocycles. The first-order valence-electron chi connectivity index (χ1n) is 10.2. The smallest absolute Gasteiger partial charge is 0.257 e.